The number of pyridine rings is 1. The van der Waals surface area contributed by atoms with Gasteiger partial charge in [-0.05, 0) is 25.0 Å². The van der Waals surface area contributed by atoms with Crippen LogP contribution in [-0.2, 0) is 10.2 Å². The Morgan fingerprint density at radius 3 is 2.69 bits per heavy atom. The fourth-order valence-electron chi connectivity index (χ4n) is 1.89. The van der Waals surface area contributed by atoms with Crippen molar-refractivity contribution in [2.24, 2.45) is 5.73 Å². The van der Waals surface area contributed by atoms with Crippen molar-refractivity contribution >= 4 is 5.97 Å². The van der Waals surface area contributed by atoms with Crippen LogP contribution in [0.5, 0.6) is 5.75 Å². The van der Waals surface area contributed by atoms with Gasteiger partial charge in [-0.1, -0.05) is 0 Å². The quantitative estimate of drug-likeness (QED) is 0.776. The van der Waals surface area contributed by atoms with Crippen LogP contribution in [0.4, 0.5) is 0 Å². The van der Waals surface area contributed by atoms with Gasteiger partial charge in [0.25, 0.3) is 0 Å². The second kappa shape index (κ2) is 3.75. The molecule has 3 N–H and O–H groups in total. The lowest BCUT2D eigenvalue weighted by Crippen LogP contribution is -2.42. The number of methoxy groups -OCH3 is 1. The zero-order valence-corrected chi connectivity index (χ0v) is 9.01. The Labute approximate surface area is 93.2 Å². The van der Waals surface area contributed by atoms with E-state index in [9.17, 15) is 4.79 Å². The third-order valence-electron chi connectivity index (χ3n) is 3.13. The summed E-state index contributed by atoms with van der Waals surface area (Å²) in [7, 11) is 1.56. The average molecular weight is 222 g/mol. The molecule has 2 rings (SSSR count). The predicted molar refractivity (Wildman–Crippen MR) is 57.3 cm³/mol. The van der Waals surface area contributed by atoms with Crippen LogP contribution in [0, 0.1) is 0 Å². The summed E-state index contributed by atoms with van der Waals surface area (Å²) in [5, 5.41) is 8.94. The Morgan fingerprint density at radius 2 is 2.31 bits per heavy atom. The molecule has 1 unspecified atom stereocenters. The number of hydrogen-bond acceptors (Lipinski definition) is 4. The zero-order chi connectivity index (χ0) is 11.8. The molecule has 1 atom stereocenters. The van der Waals surface area contributed by atoms with E-state index < -0.39 is 17.4 Å². The number of hydrogen-bond donors (Lipinski definition) is 2. The molecule has 16 heavy (non-hydrogen) atoms. The molecule has 5 heteroatoms. The number of ether oxygens (including phenoxy) is 1. The molecule has 1 heterocycles. The van der Waals surface area contributed by atoms with Crippen molar-refractivity contribution in [3.63, 3.8) is 0 Å². The summed E-state index contributed by atoms with van der Waals surface area (Å²) >= 11 is 0. The average Bonchev–Trinajstić information content (AvgIpc) is 3.09. The monoisotopic (exact) mass is 222 g/mol. The van der Waals surface area contributed by atoms with E-state index in [1.54, 1.807) is 25.4 Å². The SMILES string of the molecule is COc1ccc(C2(C(N)C(=O)O)CC2)nc1. The van der Waals surface area contributed by atoms with Gasteiger partial charge in [-0.25, -0.2) is 0 Å². The smallest absolute Gasteiger partial charge is 0.321 e. The minimum Gasteiger partial charge on any atom is -0.495 e. The highest BCUT2D eigenvalue weighted by atomic mass is 16.5. The van der Waals surface area contributed by atoms with Gasteiger partial charge in [0.15, 0.2) is 0 Å². The Balaban J connectivity index is 2.26. The van der Waals surface area contributed by atoms with E-state index in [2.05, 4.69) is 4.98 Å². The van der Waals surface area contributed by atoms with E-state index in [4.69, 9.17) is 15.6 Å². The Kier molecular flexibility index (Phi) is 2.55. The normalized spacial score (nSPS) is 18.9. The van der Waals surface area contributed by atoms with Gasteiger partial charge >= 0.3 is 5.97 Å². The lowest BCUT2D eigenvalue weighted by Gasteiger charge is -2.19. The molecule has 0 aromatic carbocycles. The van der Waals surface area contributed by atoms with Gasteiger partial charge in [0.1, 0.15) is 11.8 Å². The molecule has 1 aromatic heterocycles. The number of rotatable bonds is 4. The van der Waals surface area contributed by atoms with E-state index in [-0.39, 0.29) is 0 Å². The fraction of sp³-hybridized carbons (Fsp3) is 0.455. The summed E-state index contributed by atoms with van der Waals surface area (Å²) in [5.41, 5.74) is 5.95. The van der Waals surface area contributed by atoms with E-state index in [1.807, 2.05) is 0 Å². The maximum atomic E-state index is 10.9. The second-order valence-electron chi connectivity index (χ2n) is 4.06. The molecule has 1 aliphatic rings. The third kappa shape index (κ3) is 1.63. The molecular formula is C11H14N2O3. The van der Waals surface area contributed by atoms with Gasteiger partial charge in [0, 0.05) is 11.1 Å². The van der Waals surface area contributed by atoms with E-state index in [0.717, 1.165) is 18.5 Å². The van der Waals surface area contributed by atoms with Crippen LogP contribution in [0.1, 0.15) is 18.5 Å². The van der Waals surface area contributed by atoms with Crippen molar-refractivity contribution in [1.82, 2.24) is 4.98 Å². The highest BCUT2D eigenvalue weighted by molar-refractivity contribution is 5.76. The first-order valence-corrected chi connectivity index (χ1v) is 5.09. The van der Waals surface area contributed by atoms with Crippen LogP contribution in [0.15, 0.2) is 18.3 Å². The van der Waals surface area contributed by atoms with Crippen LogP contribution in [-0.4, -0.2) is 29.2 Å². The maximum absolute atomic E-state index is 10.9. The van der Waals surface area contributed by atoms with Gasteiger partial charge < -0.3 is 15.6 Å². The zero-order valence-electron chi connectivity index (χ0n) is 9.01. The minimum absolute atomic E-state index is 0.474. The van der Waals surface area contributed by atoms with Crippen molar-refractivity contribution in [2.75, 3.05) is 7.11 Å². The molecule has 0 radical (unpaired) electrons. The van der Waals surface area contributed by atoms with Crippen molar-refractivity contribution in [3.05, 3.63) is 24.0 Å². The van der Waals surface area contributed by atoms with E-state index in [1.165, 1.54) is 0 Å². The molecule has 1 aromatic rings. The van der Waals surface area contributed by atoms with Crippen molar-refractivity contribution < 1.29 is 14.6 Å². The van der Waals surface area contributed by atoms with Crippen molar-refractivity contribution in [3.8, 4) is 5.75 Å². The molecule has 0 bridgehead atoms. The Hall–Kier alpha value is -1.62. The van der Waals surface area contributed by atoms with Gasteiger partial charge in [-0.2, -0.15) is 0 Å². The summed E-state index contributed by atoms with van der Waals surface area (Å²) in [5.74, 6) is -0.321. The van der Waals surface area contributed by atoms with E-state index in [0.29, 0.717) is 5.75 Å². The topological polar surface area (TPSA) is 85.4 Å². The molecular weight excluding hydrogens is 208 g/mol. The molecule has 1 fully saturated rings. The van der Waals surface area contributed by atoms with Crippen LogP contribution in [0.25, 0.3) is 0 Å². The fourth-order valence-corrected chi connectivity index (χ4v) is 1.89. The van der Waals surface area contributed by atoms with Crippen LogP contribution >= 0.6 is 0 Å². The summed E-state index contributed by atoms with van der Waals surface area (Å²) in [6.07, 6.45) is 3.14. The lowest BCUT2D eigenvalue weighted by atomic mass is 9.92. The number of nitrogens with zero attached hydrogens (tertiary/aromatic N) is 1. The summed E-state index contributed by atoms with van der Waals surface area (Å²) in [6, 6.07) is 2.68. The molecule has 86 valence electrons. The van der Waals surface area contributed by atoms with Gasteiger partial charge in [0.2, 0.25) is 0 Å². The Morgan fingerprint density at radius 1 is 1.62 bits per heavy atom. The highest BCUT2D eigenvalue weighted by Gasteiger charge is 2.53. The number of carbonyl (C=O) groups is 1. The van der Waals surface area contributed by atoms with Crippen molar-refractivity contribution in [1.29, 1.82) is 0 Å². The number of aliphatic carboxylic acids is 1. The molecule has 1 aliphatic carbocycles. The summed E-state index contributed by atoms with van der Waals surface area (Å²) in [4.78, 5) is 15.1. The Bertz CT molecular complexity index is 398. The largest absolute Gasteiger partial charge is 0.495 e. The number of carboxylic acids is 1. The molecule has 0 spiro atoms. The molecule has 5 nitrogen and oxygen atoms in total. The second-order valence-corrected chi connectivity index (χ2v) is 4.06. The molecule has 0 amide bonds. The lowest BCUT2D eigenvalue weighted by molar-refractivity contribution is -0.139. The van der Waals surface area contributed by atoms with Crippen LogP contribution in [0.2, 0.25) is 0 Å². The summed E-state index contributed by atoms with van der Waals surface area (Å²) < 4.78 is 5.00. The first-order chi connectivity index (χ1) is 7.60. The van der Waals surface area contributed by atoms with Gasteiger partial charge in [-0.15, -0.1) is 0 Å². The number of carboxylic acid groups (broad SMARTS) is 1. The predicted octanol–water partition coefficient (Wildman–Crippen LogP) is 0.534. The van der Waals surface area contributed by atoms with Crippen LogP contribution in [0.3, 0.4) is 0 Å². The molecule has 0 saturated heterocycles. The summed E-state index contributed by atoms with van der Waals surface area (Å²) in [6.45, 7) is 0. The first-order valence-electron chi connectivity index (χ1n) is 5.09. The molecule has 0 aliphatic heterocycles. The standard InChI is InChI=1S/C11H14N2O3/c1-16-7-2-3-8(13-6-7)11(4-5-11)9(12)10(14)15/h2-3,6,9H,4-5,12H2,1H3,(H,14,15). The number of nitrogens with two attached hydrogens (primary N) is 1. The molecule has 1 saturated carbocycles. The van der Waals surface area contributed by atoms with Crippen molar-refractivity contribution in [2.45, 2.75) is 24.3 Å². The first kappa shape index (κ1) is 10.9. The highest BCUT2D eigenvalue weighted by Crippen LogP contribution is 2.49. The minimum atomic E-state index is -0.977. The van der Waals surface area contributed by atoms with Gasteiger partial charge in [0.05, 0.1) is 13.3 Å². The number of aromatic nitrogens is 1. The van der Waals surface area contributed by atoms with E-state index >= 15 is 0 Å². The maximum Gasteiger partial charge on any atom is 0.321 e. The third-order valence-corrected chi connectivity index (χ3v) is 3.13. The van der Waals surface area contributed by atoms with Gasteiger partial charge in [-0.3, -0.25) is 9.78 Å². The van der Waals surface area contributed by atoms with Crippen LogP contribution < -0.4 is 10.5 Å².